The number of hydrogen-bond donors (Lipinski definition) is 0. The van der Waals surface area contributed by atoms with E-state index >= 15 is 0 Å². The summed E-state index contributed by atoms with van der Waals surface area (Å²) in [5.74, 6) is 0.130. The second-order valence-corrected chi connectivity index (χ2v) is 7.49. The fourth-order valence-corrected chi connectivity index (χ4v) is 4.51. The van der Waals surface area contributed by atoms with Gasteiger partial charge < -0.3 is 9.80 Å². The summed E-state index contributed by atoms with van der Waals surface area (Å²) in [5, 5.41) is 10.8. The second kappa shape index (κ2) is 6.88. The number of thioether (sulfide) groups is 1. The number of amides is 1. The van der Waals surface area contributed by atoms with Crippen LogP contribution in [0.1, 0.15) is 30.7 Å². The van der Waals surface area contributed by atoms with Gasteiger partial charge in [0.2, 0.25) is 5.91 Å². The number of nitrogens with zero attached hydrogens (tertiary/aromatic N) is 3. The van der Waals surface area contributed by atoms with Crippen molar-refractivity contribution in [3.8, 4) is 0 Å². The Balaban J connectivity index is 1.76. The number of carbonyl (C=O) groups is 1. The number of nitro benzene ring substituents is 1. The predicted octanol–water partition coefficient (Wildman–Crippen LogP) is 2.65. The van der Waals surface area contributed by atoms with Crippen molar-refractivity contribution in [2.75, 3.05) is 26.2 Å². The van der Waals surface area contributed by atoms with E-state index in [4.69, 9.17) is 0 Å². The lowest BCUT2D eigenvalue weighted by Gasteiger charge is -2.26. The van der Waals surface area contributed by atoms with Crippen molar-refractivity contribution >= 4 is 23.4 Å². The molecule has 0 unspecified atom stereocenters. The summed E-state index contributed by atoms with van der Waals surface area (Å²) < 4.78 is 0. The Morgan fingerprint density at radius 2 is 2.04 bits per heavy atom. The van der Waals surface area contributed by atoms with E-state index in [1.165, 1.54) is 18.9 Å². The highest BCUT2D eigenvalue weighted by molar-refractivity contribution is 8.01. The lowest BCUT2D eigenvalue weighted by Crippen LogP contribution is -2.37. The first-order valence-electron chi connectivity index (χ1n) is 7.99. The van der Waals surface area contributed by atoms with Crippen molar-refractivity contribution in [2.45, 2.75) is 30.4 Å². The third-order valence-electron chi connectivity index (χ3n) is 4.47. The van der Waals surface area contributed by atoms with Gasteiger partial charge in [0.1, 0.15) is 5.37 Å². The van der Waals surface area contributed by atoms with Gasteiger partial charge in [0.25, 0.3) is 5.69 Å². The molecule has 3 rings (SSSR count). The van der Waals surface area contributed by atoms with E-state index in [0.29, 0.717) is 6.54 Å². The smallest absolute Gasteiger partial charge is 0.269 e. The van der Waals surface area contributed by atoms with Gasteiger partial charge in [-0.25, -0.2) is 0 Å². The van der Waals surface area contributed by atoms with E-state index in [-0.39, 0.29) is 27.1 Å². The lowest BCUT2D eigenvalue weighted by atomic mass is 10.2. The highest BCUT2D eigenvalue weighted by Crippen LogP contribution is 2.43. The Bertz CT molecular complexity index is 604. The molecule has 7 heteroatoms. The summed E-state index contributed by atoms with van der Waals surface area (Å²) in [6.07, 6.45) is 2.46. The number of rotatable bonds is 5. The zero-order valence-corrected chi connectivity index (χ0v) is 14.0. The summed E-state index contributed by atoms with van der Waals surface area (Å²) in [6.45, 7) is 5.68. The molecule has 0 aromatic heterocycles. The van der Waals surface area contributed by atoms with Gasteiger partial charge in [-0.1, -0.05) is 12.1 Å². The van der Waals surface area contributed by atoms with Crippen LogP contribution in [0, 0.1) is 10.1 Å². The minimum atomic E-state index is -0.386. The van der Waals surface area contributed by atoms with Crippen LogP contribution in [0.25, 0.3) is 0 Å². The number of non-ortho nitro benzene ring substituents is 1. The van der Waals surface area contributed by atoms with Gasteiger partial charge in [0.15, 0.2) is 0 Å². The van der Waals surface area contributed by atoms with E-state index in [0.717, 1.165) is 25.2 Å². The average molecular weight is 335 g/mol. The molecule has 0 bridgehead atoms. The maximum atomic E-state index is 12.5. The summed E-state index contributed by atoms with van der Waals surface area (Å²) in [5.41, 5.74) is 0.915. The number of carbonyl (C=O) groups excluding carboxylic acids is 1. The number of benzene rings is 1. The van der Waals surface area contributed by atoms with Crippen molar-refractivity contribution < 1.29 is 9.72 Å². The van der Waals surface area contributed by atoms with Gasteiger partial charge in [-0.2, -0.15) is 0 Å². The molecule has 0 radical (unpaired) electrons. The van der Waals surface area contributed by atoms with Crippen LogP contribution in [0.4, 0.5) is 5.69 Å². The van der Waals surface area contributed by atoms with E-state index in [1.54, 1.807) is 23.9 Å². The van der Waals surface area contributed by atoms with Crippen LogP contribution >= 0.6 is 11.8 Å². The largest absolute Gasteiger partial charge is 0.324 e. The van der Waals surface area contributed by atoms with Gasteiger partial charge in [-0.05, 0) is 38.4 Å². The Morgan fingerprint density at radius 1 is 1.30 bits per heavy atom. The van der Waals surface area contributed by atoms with Crippen LogP contribution < -0.4 is 0 Å². The third-order valence-corrected chi connectivity index (χ3v) is 5.86. The number of likely N-dealkylation sites (tertiary alicyclic amines) is 1. The Hall–Kier alpha value is -1.60. The van der Waals surface area contributed by atoms with Gasteiger partial charge in [0, 0.05) is 25.2 Å². The molecule has 1 aromatic carbocycles. The Morgan fingerprint density at radius 3 is 2.74 bits per heavy atom. The zero-order valence-electron chi connectivity index (χ0n) is 13.2. The minimum Gasteiger partial charge on any atom is -0.324 e. The molecule has 2 heterocycles. The molecule has 2 fully saturated rings. The molecule has 1 aromatic rings. The highest BCUT2D eigenvalue weighted by atomic mass is 32.2. The fraction of sp³-hybridized carbons (Fsp3) is 0.562. The summed E-state index contributed by atoms with van der Waals surface area (Å²) >= 11 is 1.57. The first kappa shape index (κ1) is 16.3. The van der Waals surface area contributed by atoms with Gasteiger partial charge in [-0.15, -0.1) is 11.8 Å². The van der Waals surface area contributed by atoms with E-state index in [2.05, 4.69) is 4.90 Å². The maximum Gasteiger partial charge on any atom is 0.269 e. The van der Waals surface area contributed by atoms with Crippen LogP contribution in [0.5, 0.6) is 0 Å². The normalized spacial score (nSPS) is 25.3. The van der Waals surface area contributed by atoms with E-state index in [1.807, 2.05) is 17.9 Å². The molecule has 2 atom stereocenters. The first-order chi connectivity index (χ1) is 11.1. The minimum absolute atomic E-state index is 0.0783. The molecule has 2 aliphatic rings. The standard InChI is InChI=1S/C16H21N3O3S/c1-12-15(20)18(10-9-17-7-2-3-8-17)16(23-12)13-5-4-6-14(11-13)19(21)22/h4-6,11-12,16H,2-3,7-10H2,1H3/t12-,16+/m1/s1. The molecule has 1 amide bonds. The van der Waals surface area contributed by atoms with Crippen molar-refractivity contribution in [1.29, 1.82) is 0 Å². The molecule has 0 spiro atoms. The summed E-state index contributed by atoms with van der Waals surface area (Å²) in [4.78, 5) is 27.3. The number of hydrogen-bond acceptors (Lipinski definition) is 5. The van der Waals surface area contributed by atoms with E-state index < -0.39 is 0 Å². The molecule has 0 N–H and O–H groups in total. The molecule has 124 valence electrons. The molecule has 0 aliphatic carbocycles. The molecule has 23 heavy (non-hydrogen) atoms. The predicted molar refractivity (Wildman–Crippen MR) is 90.3 cm³/mol. The van der Waals surface area contributed by atoms with Gasteiger partial charge in [-0.3, -0.25) is 14.9 Å². The van der Waals surface area contributed by atoms with Crippen LogP contribution in [0.3, 0.4) is 0 Å². The maximum absolute atomic E-state index is 12.5. The fourth-order valence-electron chi connectivity index (χ4n) is 3.21. The Labute approximate surface area is 140 Å². The summed E-state index contributed by atoms with van der Waals surface area (Å²) in [6, 6.07) is 6.65. The summed E-state index contributed by atoms with van der Waals surface area (Å²) in [7, 11) is 0. The third kappa shape index (κ3) is 3.50. The van der Waals surface area contributed by atoms with Crippen LogP contribution in [-0.2, 0) is 4.79 Å². The van der Waals surface area contributed by atoms with Gasteiger partial charge in [0.05, 0.1) is 10.2 Å². The molecule has 2 aliphatic heterocycles. The van der Waals surface area contributed by atoms with Crippen molar-refractivity contribution in [2.24, 2.45) is 0 Å². The average Bonchev–Trinajstić information content (AvgIpc) is 3.15. The second-order valence-electron chi connectivity index (χ2n) is 6.06. The molecule has 0 saturated carbocycles. The first-order valence-corrected chi connectivity index (χ1v) is 8.93. The molecular weight excluding hydrogens is 314 g/mol. The highest BCUT2D eigenvalue weighted by Gasteiger charge is 2.38. The molecular formula is C16H21N3O3S. The number of nitro groups is 1. The van der Waals surface area contributed by atoms with Crippen molar-refractivity contribution in [3.63, 3.8) is 0 Å². The van der Waals surface area contributed by atoms with Crippen molar-refractivity contribution in [1.82, 2.24) is 9.80 Å². The quantitative estimate of drug-likeness (QED) is 0.611. The molecule has 6 nitrogen and oxygen atoms in total. The zero-order chi connectivity index (χ0) is 16.4. The monoisotopic (exact) mass is 335 g/mol. The molecule has 2 saturated heterocycles. The van der Waals surface area contributed by atoms with E-state index in [9.17, 15) is 14.9 Å². The topological polar surface area (TPSA) is 66.7 Å². The Kier molecular flexibility index (Phi) is 4.87. The van der Waals surface area contributed by atoms with Crippen LogP contribution in [0.2, 0.25) is 0 Å². The lowest BCUT2D eigenvalue weighted by molar-refractivity contribution is -0.384. The van der Waals surface area contributed by atoms with Crippen molar-refractivity contribution in [3.05, 3.63) is 39.9 Å². The van der Waals surface area contributed by atoms with Gasteiger partial charge >= 0.3 is 0 Å². The van der Waals surface area contributed by atoms with Crippen LogP contribution in [0.15, 0.2) is 24.3 Å². The van der Waals surface area contributed by atoms with Crippen LogP contribution in [-0.4, -0.2) is 52.1 Å². The SMILES string of the molecule is C[C@H]1S[C@@H](c2cccc([N+](=O)[O-])c2)N(CCN2CCCC2)C1=O.